The number of rotatable bonds is 7. The number of methoxy groups -OCH3 is 3. The SMILES string of the molecule is COc1cc(C(C)=NNC(=O)c2cc(-c3ccc(OC)c(OC)c3)n[nH]2)ccc1O. The summed E-state index contributed by atoms with van der Waals surface area (Å²) in [5.74, 6) is 1.07. The second-order valence-electron chi connectivity index (χ2n) is 6.26. The summed E-state index contributed by atoms with van der Waals surface area (Å²) in [6, 6.07) is 11.8. The lowest BCUT2D eigenvalue weighted by molar-refractivity contribution is 0.0950. The molecule has 3 aromatic rings. The van der Waals surface area contributed by atoms with Crippen molar-refractivity contribution in [1.29, 1.82) is 0 Å². The Morgan fingerprint density at radius 3 is 2.43 bits per heavy atom. The second-order valence-corrected chi connectivity index (χ2v) is 6.26. The molecule has 0 saturated carbocycles. The van der Waals surface area contributed by atoms with E-state index in [9.17, 15) is 9.90 Å². The zero-order valence-corrected chi connectivity index (χ0v) is 17.0. The molecule has 0 fully saturated rings. The third-order valence-corrected chi connectivity index (χ3v) is 4.42. The van der Waals surface area contributed by atoms with Crippen LogP contribution >= 0.6 is 0 Å². The predicted octanol–water partition coefficient (Wildman–Crippen LogP) is 2.96. The lowest BCUT2D eigenvalue weighted by atomic mass is 10.1. The van der Waals surface area contributed by atoms with Gasteiger partial charge in [0.15, 0.2) is 23.0 Å². The third-order valence-electron chi connectivity index (χ3n) is 4.42. The van der Waals surface area contributed by atoms with Crippen LogP contribution in [0.4, 0.5) is 0 Å². The van der Waals surface area contributed by atoms with Crippen molar-refractivity contribution in [3.63, 3.8) is 0 Å². The Hall–Kier alpha value is -4.01. The van der Waals surface area contributed by atoms with Crippen LogP contribution in [0.3, 0.4) is 0 Å². The number of ether oxygens (including phenoxy) is 3. The molecule has 3 N–H and O–H groups in total. The van der Waals surface area contributed by atoms with Crippen LogP contribution in [0.1, 0.15) is 23.0 Å². The van der Waals surface area contributed by atoms with Gasteiger partial charge in [0, 0.05) is 11.1 Å². The molecule has 0 saturated heterocycles. The molecule has 0 spiro atoms. The van der Waals surface area contributed by atoms with E-state index in [2.05, 4.69) is 20.7 Å². The number of carbonyl (C=O) groups is 1. The summed E-state index contributed by atoms with van der Waals surface area (Å²) in [7, 11) is 4.57. The highest BCUT2D eigenvalue weighted by Crippen LogP contribution is 2.31. The van der Waals surface area contributed by atoms with Crippen molar-refractivity contribution in [1.82, 2.24) is 15.6 Å². The van der Waals surface area contributed by atoms with Crippen molar-refractivity contribution in [2.75, 3.05) is 21.3 Å². The van der Waals surface area contributed by atoms with Crippen molar-refractivity contribution in [3.8, 4) is 34.3 Å². The Bertz CT molecular complexity index is 1090. The highest BCUT2D eigenvalue weighted by atomic mass is 16.5. The van der Waals surface area contributed by atoms with Gasteiger partial charge in [0.25, 0.3) is 5.91 Å². The number of H-pyrrole nitrogens is 1. The van der Waals surface area contributed by atoms with Crippen LogP contribution in [-0.4, -0.2) is 48.3 Å². The van der Waals surface area contributed by atoms with E-state index in [1.807, 2.05) is 6.07 Å². The molecule has 3 rings (SSSR count). The summed E-state index contributed by atoms with van der Waals surface area (Å²) in [6.45, 7) is 1.73. The Balaban J connectivity index is 1.74. The quantitative estimate of drug-likeness (QED) is 0.407. The van der Waals surface area contributed by atoms with Crippen molar-refractivity contribution < 1.29 is 24.1 Å². The number of nitrogens with one attached hydrogen (secondary N) is 2. The molecule has 0 aliphatic rings. The first-order chi connectivity index (χ1) is 14.5. The second kappa shape index (κ2) is 8.99. The van der Waals surface area contributed by atoms with E-state index < -0.39 is 5.91 Å². The Morgan fingerprint density at radius 2 is 1.73 bits per heavy atom. The van der Waals surface area contributed by atoms with Crippen molar-refractivity contribution >= 4 is 11.6 Å². The van der Waals surface area contributed by atoms with Gasteiger partial charge in [-0.2, -0.15) is 10.2 Å². The van der Waals surface area contributed by atoms with E-state index in [1.165, 1.54) is 13.2 Å². The fourth-order valence-electron chi connectivity index (χ4n) is 2.74. The molecule has 0 bridgehead atoms. The van der Waals surface area contributed by atoms with Gasteiger partial charge in [-0.1, -0.05) is 0 Å². The van der Waals surface area contributed by atoms with Gasteiger partial charge in [0.1, 0.15) is 5.69 Å². The number of phenols is 1. The standard InChI is InChI=1S/C21H22N4O5/c1-12(13-5-7-17(26)19(9-13)29-3)22-25-21(27)16-11-15(23-24-16)14-6-8-18(28-2)20(10-14)30-4/h5-11,26H,1-4H3,(H,23,24)(H,25,27). The normalized spacial score (nSPS) is 11.1. The van der Waals surface area contributed by atoms with Crippen molar-refractivity contribution in [3.05, 3.63) is 53.7 Å². The molecule has 9 heteroatoms. The summed E-state index contributed by atoms with van der Waals surface area (Å²) in [4.78, 5) is 12.4. The number of carbonyl (C=O) groups excluding carboxylic acids is 1. The van der Waals surface area contributed by atoms with Crippen LogP contribution in [0.5, 0.6) is 23.0 Å². The molecule has 0 radical (unpaired) electrons. The maximum Gasteiger partial charge on any atom is 0.289 e. The monoisotopic (exact) mass is 410 g/mol. The number of nitrogens with zero attached hydrogens (tertiary/aromatic N) is 2. The number of benzene rings is 2. The molecule has 9 nitrogen and oxygen atoms in total. The van der Waals surface area contributed by atoms with Crippen molar-refractivity contribution in [2.45, 2.75) is 6.92 Å². The number of amides is 1. The Labute approximate surface area is 173 Å². The summed E-state index contributed by atoms with van der Waals surface area (Å²) in [5, 5.41) is 20.7. The number of hydrazone groups is 1. The largest absolute Gasteiger partial charge is 0.504 e. The molecule has 2 aromatic carbocycles. The lowest BCUT2D eigenvalue weighted by Gasteiger charge is -2.08. The maximum absolute atomic E-state index is 12.4. The molecular weight excluding hydrogens is 388 g/mol. The van der Waals surface area contributed by atoms with E-state index in [-0.39, 0.29) is 11.4 Å². The molecule has 0 unspecified atom stereocenters. The summed E-state index contributed by atoms with van der Waals surface area (Å²) in [6.07, 6.45) is 0. The van der Waals surface area contributed by atoms with Crippen LogP contribution in [0.2, 0.25) is 0 Å². The first-order valence-corrected chi connectivity index (χ1v) is 8.96. The summed E-state index contributed by atoms with van der Waals surface area (Å²) in [5.41, 5.74) is 5.31. The maximum atomic E-state index is 12.4. The van der Waals surface area contributed by atoms with E-state index in [1.54, 1.807) is 51.5 Å². The zero-order chi connectivity index (χ0) is 21.7. The fourth-order valence-corrected chi connectivity index (χ4v) is 2.74. The van der Waals surface area contributed by atoms with Crippen LogP contribution < -0.4 is 19.6 Å². The zero-order valence-electron chi connectivity index (χ0n) is 17.0. The van der Waals surface area contributed by atoms with Gasteiger partial charge >= 0.3 is 0 Å². The highest BCUT2D eigenvalue weighted by Gasteiger charge is 2.13. The molecular formula is C21H22N4O5. The average molecular weight is 410 g/mol. The number of aromatic nitrogens is 2. The van der Waals surface area contributed by atoms with Gasteiger partial charge in [-0.05, 0) is 49.4 Å². The molecule has 1 amide bonds. The smallest absolute Gasteiger partial charge is 0.289 e. The third kappa shape index (κ3) is 4.35. The Kier molecular flexibility index (Phi) is 6.21. The van der Waals surface area contributed by atoms with Gasteiger partial charge in [-0.25, -0.2) is 5.43 Å². The molecule has 0 atom stereocenters. The first-order valence-electron chi connectivity index (χ1n) is 8.96. The van der Waals surface area contributed by atoms with Gasteiger partial charge in [0.05, 0.1) is 32.7 Å². The Morgan fingerprint density at radius 1 is 1.00 bits per heavy atom. The molecule has 30 heavy (non-hydrogen) atoms. The number of hydrogen-bond acceptors (Lipinski definition) is 7. The number of phenolic OH excluding ortho intramolecular Hbond substituents is 1. The fraction of sp³-hybridized carbons (Fsp3) is 0.190. The van der Waals surface area contributed by atoms with Crippen LogP contribution in [0, 0.1) is 0 Å². The minimum Gasteiger partial charge on any atom is -0.504 e. The molecule has 156 valence electrons. The summed E-state index contributed by atoms with van der Waals surface area (Å²) < 4.78 is 15.6. The van der Waals surface area contributed by atoms with Gasteiger partial charge in [0.2, 0.25) is 0 Å². The van der Waals surface area contributed by atoms with E-state index >= 15 is 0 Å². The van der Waals surface area contributed by atoms with Gasteiger partial charge < -0.3 is 19.3 Å². The number of hydrogen-bond donors (Lipinski definition) is 3. The number of aromatic hydroxyl groups is 1. The minimum atomic E-state index is -0.445. The molecule has 0 aliphatic carbocycles. The minimum absolute atomic E-state index is 0.0261. The summed E-state index contributed by atoms with van der Waals surface area (Å²) >= 11 is 0. The number of aromatic amines is 1. The van der Waals surface area contributed by atoms with Crippen molar-refractivity contribution in [2.24, 2.45) is 5.10 Å². The van der Waals surface area contributed by atoms with Crippen LogP contribution in [0.15, 0.2) is 47.6 Å². The molecule has 1 aromatic heterocycles. The van der Waals surface area contributed by atoms with Gasteiger partial charge in [-0.3, -0.25) is 9.89 Å². The van der Waals surface area contributed by atoms with Crippen LogP contribution in [-0.2, 0) is 0 Å². The first kappa shape index (κ1) is 20.7. The molecule has 1 heterocycles. The van der Waals surface area contributed by atoms with E-state index in [0.717, 1.165) is 5.56 Å². The topological polar surface area (TPSA) is 118 Å². The van der Waals surface area contributed by atoms with E-state index in [0.29, 0.717) is 34.2 Å². The predicted molar refractivity (Wildman–Crippen MR) is 111 cm³/mol. The molecule has 0 aliphatic heterocycles. The van der Waals surface area contributed by atoms with E-state index in [4.69, 9.17) is 14.2 Å². The average Bonchev–Trinajstić information content (AvgIpc) is 3.27. The van der Waals surface area contributed by atoms with Crippen LogP contribution in [0.25, 0.3) is 11.3 Å². The highest BCUT2D eigenvalue weighted by molar-refractivity contribution is 6.01. The lowest BCUT2D eigenvalue weighted by Crippen LogP contribution is -2.19. The van der Waals surface area contributed by atoms with Gasteiger partial charge in [-0.15, -0.1) is 0 Å².